The van der Waals surface area contributed by atoms with E-state index in [-0.39, 0.29) is 29.6 Å². The van der Waals surface area contributed by atoms with Gasteiger partial charge in [-0.1, -0.05) is 6.07 Å². The maximum Gasteiger partial charge on any atom is 1.00 e. The summed E-state index contributed by atoms with van der Waals surface area (Å²) in [6, 6.07) is 4.12. The molecule has 1 rings (SSSR count). The van der Waals surface area contributed by atoms with Crippen molar-refractivity contribution in [3.05, 3.63) is 29.3 Å². The predicted octanol–water partition coefficient (Wildman–Crippen LogP) is -1.85. The molecule has 5 nitrogen and oxygen atoms in total. The zero-order chi connectivity index (χ0) is 16.7. The van der Waals surface area contributed by atoms with E-state index in [0.29, 0.717) is 30.4 Å². The normalized spacial score (nSPS) is 11.3. The second-order valence-corrected chi connectivity index (χ2v) is 5.64. The van der Waals surface area contributed by atoms with Crippen LogP contribution in [0.2, 0.25) is 0 Å². The van der Waals surface area contributed by atoms with E-state index in [1.165, 1.54) is 6.92 Å². The third kappa shape index (κ3) is 6.89. The largest absolute Gasteiger partial charge is 1.00 e. The number of alkyl halides is 2. The van der Waals surface area contributed by atoms with Crippen LogP contribution in [0.1, 0.15) is 22.8 Å². The monoisotopic (exact) mass is 368 g/mol. The van der Waals surface area contributed by atoms with Gasteiger partial charge in [0.1, 0.15) is 0 Å². The van der Waals surface area contributed by atoms with Gasteiger partial charge in [-0.25, -0.2) is 0 Å². The number of rotatable bonds is 8. The van der Waals surface area contributed by atoms with Crippen molar-refractivity contribution in [2.75, 3.05) is 29.7 Å². The third-order valence-electron chi connectivity index (χ3n) is 3.22. The van der Waals surface area contributed by atoms with Crippen LogP contribution in [-0.2, 0) is 4.79 Å². The van der Waals surface area contributed by atoms with Crippen molar-refractivity contribution in [1.29, 1.82) is 0 Å². The maximum atomic E-state index is 12.1. The number of anilines is 1. The Balaban J connectivity index is 0.00000484. The van der Waals surface area contributed by atoms with Gasteiger partial charge in [0.15, 0.2) is 0 Å². The first kappa shape index (κ1) is 22.5. The fraction of sp³-hybridized carbons (Fsp3) is 0.467. The van der Waals surface area contributed by atoms with Crippen LogP contribution < -0.4 is 44.9 Å². The third-order valence-corrected chi connectivity index (χ3v) is 3.56. The molecule has 0 spiro atoms. The van der Waals surface area contributed by atoms with E-state index >= 15 is 0 Å². The average molecular weight is 369 g/mol. The minimum atomic E-state index is -1.33. The zero-order valence-electron chi connectivity index (χ0n) is 13.6. The van der Waals surface area contributed by atoms with E-state index in [1.807, 2.05) is 17.9 Å². The number of hydrogen-bond acceptors (Lipinski definition) is 4. The topological polar surface area (TPSA) is 72.5 Å². The molecule has 0 radical (unpaired) electrons. The SMILES string of the molecule is Cc1ccc(C(=O)NC(C)C(=O)[O-])cc1N(CCCl)CCCl.[Na+]. The van der Waals surface area contributed by atoms with Gasteiger partial charge in [0.25, 0.3) is 5.91 Å². The molecule has 1 aromatic rings. The Hall–Kier alpha value is -0.460. The first-order valence-electron chi connectivity index (χ1n) is 6.90. The van der Waals surface area contributed by atoms with Gasteiger partial charge < -0.3 is 20.1 Å². The zero-order valence-corrected chi connectivity index (χ0v) is 17.1. The summed E-state index contributed by atoms with van der Waals surface area (Å²) in [5.74, 6) is -0.913. The Bertz CT molecular complexity index is 537. The summed E-state index contributed by atoms with van der Waals surface area (Å²) in [5, 5.41) is 13.1. The number of nitrogens with one attached hydrogen (secondary N) is 1. The predicted molar refractivity (Wildman–Crippen MR) is 86.8 cm³/mol. The number of hydrogen-bond donors (Lipinski definition) is 1. The van der Waals surface area contributed by atoms with Crippen LogP contribution in [0.15, 0.2) is 18.2 Å². The number of carboxylic acids is 1. The summed E-state index contributed by atoms with van der Waals surface area (Å²) in [6.45, 7) is 4.50. The molecule has 0 heterocycles. The number of carbonyl (C=O) groups excluding carboxylic acids is 2. The summed E-state index contributed by atoms with van der Waals surface area (Å²) < 4.78 is 0. The van der Waals surface area contributed by atoms with E-state index in [2.05, 4.69) is 5.32 Å². The molecule has 122 valence electrons. The van der Waals surface area contributed by atoms with Gasteiger partial charge in [0.2, 0.25) is 0 Å². The fourth-order valence-electron chi connectivity index (χ4n) is 1.99. The fourth-order valence-corrected chi connectivity index (χ4v) is 2.40. The summed E-state index contributed by atoms with van der Waals surface area (Å²) >= 11 is 11.6. The van der Waals surface area contributed by atoms with E-state index in [1.54, 1.807) is 12.1 Å². The molecule has 0 bridgehead atoms. The number of aliphatic carboxylic acids is 1. The minimum absolute atomic E-state index is 0. The molecule has 1 unspecified atom stereocenters. The molecule has 0 aliphatic carbocycles. The van der Waals surface area contributed by atoms with Gasteiger partial charge >= 0.3 is 29.6 Å². The molecule has 1 N–H and O–H groups in total. The number of benzene rings is 1. The Labute approximate surface area is 168 Å². The summed E-state index contributed by atoms with van der Waals surface area (Å²) in [7, 11) is 0. The van der Waals surface area contributed by atoms with E-state index in [9.17, 15) is 14.7 Å². The van der Waals surface area contributed by atoms with Crippen LogP contribution in [-0.4, -0.2) is 42.8 Å². The minimum Gasteiger partial charge on any atom is -0.548 e. The van der Waals surface area contributed by atoms with Crippen molar-refractivity contribution in [1.82, 2.24) is 5.32 Å². The number of nitrogens with zero attached hydrogens (tertiary/aromatic N) is 1. The molecular weight excluding hydrogens is 350 g/mol. The Morgan fingerprint density at radius 1 is 1.26 bits per heavy atom. The van der Waals surface area contributed by atoms with Crippen LogP contribution in [0.5, 0.6) is 0 Å². The van der Waals surface area contributed by atoms with Crippen molar-refractivity contribution < 1.29 is 44.3 Å². The molecule has 8 heteroatoms. The van der Waals surface area contributed by atoms with Gasteiger partial charge in [-0.3, -0.25) is 4.79 Å². The van der Waals surface area contributed by atoms with Gasteiger partial charge in [-0.05, 0) is 31.5 Å². The van der Waals surface area contributed by atoms with Crippen molar-refractivity contribution in [2.24, 2.45) is 0 Å². The molecule has 0 fully saturated rings. The van der Waals surface area contributed by atoms with E-state index < -0.39 is 17.9 Å². The van der Waals surface area contributed by atoms with Crippen LogP contribution in [0, 0.1) is 6.92 Å². The summed E-state index contributed by atoms with van der Waals surface area (Å²) in [4.78, 5) is 24.8. The summed E-state index contributed by atoms with van der Waals surface area (Å²) in [5.41, 5.74) is 2.22. The molecule has 0 saturated heterocycles. The van der Waals surface area contributed by atoms with E-state index in [0.717, 1.165) is 11.3 Å². The van der Waals surface area contributed by atoms with Crippen molar-refractivity contribution in [2.45, 2.75) is 19.9 Å². The molecule has 0 saturated carbocycles. The molecule has 23 heavy (non-hydrogen) atoms. The van der Waals surface area contributed by atoms with Gasteiger partial charge in [-0.15, -0.1) is 23.2 Å². The molecule has 0 aromatic heterocycles. The molecule has 0 aliphatic rings. The Kier molecular flexibility index (Phi) is 10.9. The molecule has 0 aliphatic heterocycles. The molecule has 1 atom stereocenters. The molecular formula is C15H19Cl2N2NaO3. The molecule has 1 amide bonds. The second kappa shape index (κ2) is 11.2. The smallest absolute Gasteiger partial charge is 0.548 e. The van der Waals surface area contributed by atoms with Crippen LogP contribution >= 0.6 is 23.2 Å². The van der Waals surface area contributed by atoms with Gasteiger partial charge in [0.05, 0.1) is 12.0 Å². The number of aryl methyl sites for hydroxylation is 1. The van der Waals surface area contributed by atoms with Gasteiger partial charge in [0, 0.05) is 36.1 Å². The van der Waals surface area contributed by atoms with E-state index in [4.69, 9.17) is 23.2 Å². The Morgan fingerprint density at radius 2 is 1.83 bits per heavy atom. The van der Waals surface area contributed by atoms with Gasteiger partial charge in [-0.2, -0.15) is 0 Å². The number of carboxylic acid groups (broad SMARTS) is 1. The van der Waals surface area contributed by atoms with Crippen LogP contribution in [0.4, 0.5) is 5.69 Å². The average Bonchev–Trinajstić information content (AvgIpc) is 2.47. The maximum absolute atomic E-state index is 12.1. The Morgan fingerprint density at radius 3 is 2.30 bits per heavy atom. The standard InChI is InChI=1S/C15H20Cl2N2O3.Na/c1-10-3-4-12(14(20)18-11(2)15(21)22)9-13(10)19(7-5-16)8-6-17;/h3-4,9,11H,5-8H2,1-2H3,(H,18,20)(H,21,22);/q;+1/p-1. The number of amides is 1. The van der Waals surface area contributed by atoms with Crippen LogP contribution in [0.3, 0.4) is 0 Å². The first-order valence-corrected chi connectivity index (χ1v) is 7.96. The second-order valence-electron chi connectivity index (χ2n) is 4.88. The number of halogens is 2. The first-order chi connectivity index (χ1) is 10.4. The number of carbonyl (C=O) groups is 2. The van der Waals surface area contributed by atoms with Crippen LogP contribution in [0.25, 0.3) is 0 Å². The molecule has 1 aromatic carbocycles. The summed E-state index contributed by atoms with van der Waals surface area (Å²) in [6.07, 6.45) is 0. The van der Waals surface area contributed by atoms with Crippen molar-refractivity contribution >= 4 is 40.8 Å². The quantitative estimate of drug-likeness (QED) is 0.432. The van der Waals surface area contributed by atoms with Crippen molar-refractivity contribution in [3.8, 4) is 0 Å². The van der Waals surface area contributed by atoms with Crippen molar-refractivity contribution in [3.63, 3.8) is 0 Å².